The van der Waals surface area contributed by atoms with Crippen LogP contribution in [0.1, 0.15) is 24.6 Å². The highest BCUT2D eigenvalue weighted by Crippen LogP contribution is 2.36. The van der Waals surface area contributed by atoms with Crippen LogP contribution in [0.4, 0.5) is 11.8 Å². The fraction of sp³-hybridized carbons (Fsp3) is 0.538. The van der Waals surface area contributed by atoms with Crippen molar-refractivity contribution < 1.29 is 0 Å². The number of anilines is 2. The fourth-order valence-electron chi connectivity index (χ4n) is 2.19. The molecule has 96 valence electrons. The second-order valence-electron chi connectivity index (χ2n) is 4.99. The summed E-state index contributed by atoms with van der Waals surface area (Å²) in [6.07, 6.45) is 2.67. The first-order valence-corrected chi connectivity index (χ1v) is 7.21. The van der Waals surface area contributed by atoms with Gasteiger partial charge in [0.2, 0.25) is 5.95 Å². The van der Waals surface area contributed by atoms with E-state index < -0.39 is 0 Å². The molecule has 1 aliphatic carbocycles. The lowest BCUT2D eigenvalue weighted by atomic mass is 10.2. The minimum atomic E-state index is 0.494. The largest absolute Gasteiger partial charge is 0.367 e. The van der Waals surface area contributed by atoms with Crippen LogP contribution in [0.25, 0.3) is 10.2 Å². The van der Waals surface area contributed by atoms with Gasteiger partial charge in [-0.1, -0.05) is 0 Å². The van der Waals surface area contributed by atoms with E-state index in [0.29, 0.717) is 12.0 Å². The van der Waals surface area contributed by atoms with Crippen LogP contribution in [-0.4, -0.2) is 23.1 Å². The van der Waals surface area contributed by atoms with E-state index in [1.54, 1.807) is 11.3 Å². The van der Waals surface area contributed by atoms with Crippen LogP contribution in [0.5, 0.6) is 0 Å². The topological polar surface area (TPSA) is 49.8 Å². The van der Waals surface area contributed by atoms with E-state index in [4.69, 9.17) is 0 Å². The number of fused-ring (bicyclic) bond motifs is 1. The Kier molecular flexibility index (Phi) is 2.86. The summed E-state index contributed by atoms with van der Waals surface area (Å²) in [7, 11) is 1.86. The van der Waals surface area contributed by atoms with Crippen LogP contribution in [0.3, 0.4) is 0 Å². The van der Waals surface area contributed by atoms with Gasteiger partial charge in [0.05, 0.1) is 5.39 Å². The summed E-state index contributed by atoms with van der Waals surface area (Å²) in [5.41, 5.74) is 0. The van der Waals surface area contributed by atoms with E-state index in [0.717, 1.165) is 22.0 Å². The van der Waals surface area contributed by atoms with Crippen LogP contribution in [0.15, 0.2) is 6.07 Å². The lowest BCUT2D eigenvalue weighted by Crippen LogP contribution is -2.18. The van der Waals surface area contributed by atoms with Gasteiger partial charge in [-0.25, -0.2) is 4.98 Å². The maximum atomic E-state index is 4.56. The minimum Gasteiger partial charge on any atom is -0.367 e. The highest BCUT2D eigenvalue weighted by atomic mass is 32.1. The number of aromatic nitrogens is 2. The van der Waals surface area contributed by atoms with E-state index >= 15 is 0 Å². The van der Waals surface area contributed by atoms with Gasteiger partial charge in [-0.3, -0.25) is 0 Å². The zero-order valence-electron chi connectivity index (χ0n) is 10.9. The summed E-state index contributed by atoms with van der Waals surface area (Å²) in [6.45, 7) is 4.35. The van der Waals surface area contributed by atoms with Gasteiger partial charge in [0, 0.05) is 18.0 Å². The van der Waals surface area contributed by atoms with Crippen molar-refractivity contribution in [1.82, 2.24) is 9.97 Å². The number of aryl methyl sites for hydroxylation is 1. The molecule has 3 rings (SSSR count). The summed E-state index contributed by atoms with van der Waals surface area (Å²) in [5, 5.41) is 7.72. The molecular formula is C13H18N4S. The van der Waals surface area contributed by atoms with Gasteiger partial charge >= 0.3 is 0 Å². The highest BCUT2D eigenvalue weighted by molar-refractivity contribution is 7.18. The Labute approximate surface area is 111 Å². The first-order valence-electron chi connectivity index (χ1n) is 6.40. The van der Waals surface area contributed by atoms with Crippen LogP contribution in [-0.2, 0) is 0 Å². The van der Waals surface area contributed by atoms with Gasteiger partial charge in [-0.15, -0.1) is 11.3 Å². The van der Waals surface area contributed by atoms with Crippen LogP contribution in [0.2, 0.25) is 0 Å². The maximum Gasteiger partial charge on any atom is 0.225 e. The molecule has 1 aliphatic rings. The van der Waals surface area contributed by atoms with Crippen LogP contribution in [0, 0.1) is 12.8 Å². The van der Waals surface area contributed by atoms with Crippen molar-refractivity contribution in [2.24, 2.45) is 5.92 Å². The average Bonchev–Trinajstić information content (AvgIpc) is 3.11. The zero-order valence-corrected chi connectivity index (χ0v) is 11.8. The van der Waals surface area contributed by atoms with E-state index in [-0.39, 0.29) is 0 Å². The number of thiophene rings is 1. The van der Waals surface area contributed by atoms with Crippen molar-refractivity contribution in [2.75, 3.05) is 17.7 Å². The van der Waals surface area contributed by atoms with E-state index in [9.17, 15) is 0 Å². The molecule has 18 heavy (non-hydrogen) atoms. The molecule has 4 nitrogen and oxygen atoms in total. The Morgan fingerprint density at radius 2 is 2.17 bits per heavy atom. The average molecular weight is 262 g/mol. The molecule has 0 bridgehead atoms. The molecule has 0 saturated heterocycles. The second kappa shape index (κ2) is 4.39. The SMILES string of the molecule is CNc1nc(NC(C)C2CC2)c2cc(C)sc2n1. The minimum absolute atomic E-state index is 0.494. The molecule has 0 amide bonds. The molecule has 2 heterocycles. The summed E-state index contributed by atoms with van der Waals surface area (Å²) in [4.78, 5) is 11.4. The zero-order chi connectivity index (χ0) is 12.7. The van der Waals surface area contributed by atoms with Gasteiger partial charge in [0.25, 0.3) is 0 Å². The van der Waals surface area contributed by atoms with Crippen molar-refractivity contribution in [1.29, 1.82) is 0 Å². The van der Waals surface area contributed by atoms with Crippen molar-refractivity contribution in [3.8, 4) is 0 Å². The molecule has 2 aromatic heterocycles. The third-order valence-corrected chi connectivity index (χ3v) is 4.38. The highest BCUT2D eigenvalue weighted by Gasteiger charge is 2.28. The molecule has 0 aliphatic heterocycles. The molecular weight excluding hydrogens is 244 g/mol. The molecule has 2 aromatic rings. The van der Waals surface area contributed by atoms with Gasteiger partial charge in [0.1, 0.15) is 10.6 Å². The standard InChI is InChI=1S/C13H18N4S/c1-7-6-10-11(15-8(2)9-4-5-9)16-13(14-3)17-12(10)18-7/h6,8-9H,4-5H2,1-3H3,(H2,14,15,16,17). The van der Waals surface area contributed by atoms with Gasteiger partial charge in [-0.05, 0) is 38.7 Å². The Morgan fingerprint density at radius 1 is 1.39 bits per heavy atom. The van der Waals surface area contributed by atoms with Crippen molar-refractivity contribution >= 4 is 33.3 Å². The van der Waals surface area contributed by atoms with Crippen LogP contribution >= 0.6 is 11.3 Å². The molecule has 0 radical (unpaired) electrons. The first-order chi connectivity index (χ1) is 8.67. The number of hydrogen-bond acceptors (Lipinski definition) is 5. The van der Waals surface area contributed by atoms with Gasteiger partial charge in [0.15, 0.2) is 0 Å². The van der Waals surface area contributed by atoms with E-state index in [2.05, 4.69) is 40.5 Å². The molecule has 5 heteroatoms. The molecule has 0 aromatic carbocycles. The summed E-state index contributed by atoms with van der Waals surface area (Å²) in [6, 6.07) is 2.66. The number of rotatable bonds is 4. The third-order valence-electron chi connectivity index (χ3n) is 3.43. The Hall–Kier alpha value is -1.36. The Morgan fingerprint density at radius 3 is 2.83 bits per heavy atom. The lowest BCUT2D eigenvalue weighted by Gasteiger charge is -2.14. The van der Waals surface area contributed by atoms with Crippen LogP contribution < -0.4 is 10.6 Å². The molecule has 1 atom stereocenters. The summed E-state index contributed by atoms with van der Waals surface area (Å²) < 4.78 is 0. The summed E-state index contributed by atoms with van der Waals surface area (Å²) in [5.74, 6) is 2.47. The molecule has 1 fully saturated rings. The fourth-order valence-corrected chi connectivity index (χ4v) is 3.07. The molecule has 2 N–H and O–H groups in total. The lowest BCUT2D eigenvalue weighted by molar-refractivity contribution is 0.691. The quantitative estimate of drug-likeness (QED) is 0.888. The Balaban J connectivity index is 2.01. The molecule has 1 saturated carbocycles. The van der Waals surface area contributed by atoms with Crippen molar-refractivity contribution in [3.63, 3.8) is 0 Å². The summed E-state index contributed by atoms with van der Waals surface area (Å²) >= 11 is 1.72. The third kappa shape index (κ3) is 2.14. The van der Waals surface area contributed by atoms with E-state index in [1.165, 1.54) is 17.7 Å². The van der Waals surface area contributed by atoms with Crippen molar-refractivity contribution in [3.05, 3.63) is 10.9 Å². The Bertz CT molecular complexity index is 574. The second-order valence-corrected chi connectivity index (χ2v) is 6.23. The van der Waals surface area contributed by atoms with Crippen molar-refractivity contribution in [2.45, 2.75) is 32.7 Å². The van der Waals surface area contributed by atoms with Gasteiger partial charge < -0.3 is 10.6 Å². The normalized spacial score (nSPS) is 16.8. The maximum absolute atomic E-state index is 4.56. The molecule has 0 spiro atoms. The number of nitrogens with zero attached hydrogens (tertiary/aromatic N) is 2. The van der Waals surface area contributed by atoms with Gasteiger partial charge in [-0.2, -0.15) is 4.98 Å². The smallest absolute Gasteiger partial charge is 0.225 e. The predicted molar refractivity (Wildman–Crippen MR) is 77.5 cm³/mol. The molecule has 1 unspecified atom stereocenters. The number of nitrogens with one attached hydrogen (secondary N) is 2. The number of hydrogen-bond donors (Lipinski definition) is 2. The predicted octanol–water partition coefficient (Wildman–Crippen LogP) is 3.25. The first kappa shape index (κ1) is 11.7. The van der Waals surface area contributed by atoms with E-state index in [1.807, 2.05) is 7.05 Å². The monoisotopic (exact) mass is 262 g/mol.